The predicted octanol–water partition coefficient (Wildman–Crippen LogP) is 5.71. The molecule has 1 fully saturated rings. The molecule has 2 heterocycles. The summed E-state index contributed by atoms with van der Waals surface area (Å²) in [5.74, 6) is -0.514. The molecular weight excluding hydrogens is 567 g/mol. The molecule has 0 spiro atoms. The molecular formula is C27H31ClF3N5O5. The van der Waals surface area contributed by atoms with Crippen LogP contribution in [0.5, 0.6) is 17.2 Å². The van der Waals surface area contributed by atoms with Crippen molar-refractivity contribution in [2.45, 2.75) is 76.9 Å². The first-order valence-corrected chi connectivity index (χ1v) is 13.5. The molecule has 1 aliphatic carbocycles. The topological polar surface area (TPSA) is 121 Å². The molecule has 41 heavy (non-hydrogen) atoms. The summed E-state index contributed by atoms with van der Waals surface area (Å²) in [6.45, 7) is 3.51. The maximum atomic E-state index is 13.4. The quantitative estimate of drug-likeness (QED) is 0.307. The molecule has 1 unspecified atom stereocenters. The predicted molar refractivity (Wildman–Crippen MR) is 144 cm³/mol. The van der Waals surface area contributed by atoms with E-state index in [9.17, 15) is 27.9 Å². The van der Waals surface area contributed by atoms with E-state index in [1.54, 1.807) is 26.1 Å². The smallest absolute Gasteiger partial charge is 0.454 e. The number of hydrogen-bond donors (Lipinski definition) is 2. The fourth-order valence-corrected chi connectivity index (χ4v) is 4.97. The number of aliphatic hydroxyl groups is 1. The first-order chi connectivity index (χ1) is 19.3. The van der Waals surface area contributed by atoms with Crippen LogP contribution in [0.1, 0.15) is 58.4 Å². The molecule has 3 aromatic rings. The lowest BCUT2D eigenvalue weighted by Crippen LogP contribution is -2.36. The highest BCUT2D eigenvalue weighted by Gasteiger charge is 2.31. The van der Waals surface area contributed by atoms with Crippen LogP contribution in [-0.2, 0) is 11.3 Å². The van der Waals surface area contributed by atoms with E-state index in [1.165, 1.54) is 16.9 Å². The van der Waals surface area contributed by atoms with Gasteiger partial charge in [-0.2, -0.15) is 10.2 Å². The van der Waals surface area contributed by atoms with Crippen molar-refractivity contribution in [3.63, 3.8) is 0 Å². The summed E-state index contributed by atoms with van der Waals surface area (Å²) in [4.78, 5) is 26.6. The number of carbonyl (C=O) groups excluding carboxylic acids is 1. The molecule has 10 nitrogen and oxygen atoms in total. The largest absolute Gasteiger partial charge is 0.573 e. The van der Waals surface area contributed by atoms with Crippen molar-refractivity contribution >= 4 is 23.3 Å². The molecule has 0 radical (unpaired) electrons. The summed E-state index contributed by atoms with van der Waals surface area (Å²) >= 11 is 6.04. The van der Waals surface area contributed by atoms with Gasteiger partial charge in [0.2, 0.25) is 0 Å². The number of ether oxygens (including phenoxy) is 2. The van der Waals surface area contributed by atoms with Crippen LogP contribution in [0, 0.1) is 5.92 Å². The zero-order valence-electron chi connectivity index (χ0n) is 22.5. The van der Waals surface area contributed by atoms with E-state index in [1.807, 2.05) is 0 Å². The minimum atomic E-state index is -4.88. The number of anilines is 1. The van der Waals surface area contributed by atoms with Crippen molar-refractivity contribution in [2.75, 3.05) is 5.32 Å². The molecule has 0 aliphatic heterocycles. The molecule has 2 N–H and O–H groups in total. The summed E-state index contributed by atoms with van der Waals surface area (Å²) in [7, 11) is 0. The lowest BCUT2D eigenvalue weighted by Gasteiger charge is -2.26. The molecule has 14 heteroatoms. The van der Waals surface area contributed by atoms with Crippen molar-refractivity contribution in [2.24, 2.45) is 5.92 Å². The second-order valence-corrected chi connectivity index (χ2v) is 11.1. The fraction of sp³-hybridized carbons (Fsp3) is 0.481. The minimum Gasteiger partial charge on any atom is -0.454 e. The Labute approximate surface area is 239 Å². The molecule has 1 aliphatic rings. The second-order valence-electron chi connectivity index (χ2n) is 10.7. The Balaban J connectivity index is 1.53. The summed E-state index contributed by atoms with van der Waals surface area (Å²) in [6, 6.07) is 4.93. The van der Waals surface area contributed by atoms with E-state index in [0.717, 1.165) is 55.0 Å². The Bertz CT molecular complexity index is 1410. The van der Waals surface area contributed by atoms with Crippen LogP contribution >= 0.6 is 11.6 Å². The van der Waals surface area contributed by atoms with Crippen molar-refractivity contribution in [3.8, 4) is 17.2 Å². The van der Waals surface area contributed by atoms with Crippen LogP contribution in [0.4, 0.5) is 19.0 Å². The Kier molecular flexibility index (Phi) is 9.27. The van der Waals surface area contributed by atoms with Crippen LogP contribution in [0.15, 0.2) is 47.5 Å². The van der Waals surface area contributed by atoms with Crippen molar-refractivity contribution < 1.29 is 32.5 Å². The molecule has 0 saturated heterocycles. The third-order valence-electron chi connectivity index (χ3n) is 6.49. The third kappa shape index (κ3) is 8.95. The van der Waals surface area contributed by atoms with Crippen LogP contribution in [0.25, 0.3) is 0 Å². The number of alkyl halides is 3. The van der Waals surface area contributed by atoms with Crippen LogP contribution in [-0.4, -0.2) is 42.5 Å². The standard InChI is InChI=1S/C27H31ClF3N5O5/c1-26(2,39)16-35-11-10-23(34-35)33-25(38)21(12-17-6-4-3-5-7-17)36-24(37)14-19(15-32-36)40-22-9-8-18(13-20(22)28)41-27(29,30)31/h8-11,13-15,17,21,39H,3-7,12,16H2,1-2H3,(H,33,34,38). The number of nitrogens with zero attached hydrogens (tertiary/aromatic N) is 4. The molecule has 1 saturated carbocycles. The Morgan fingerprint density at radius 1 is 1.17 bits per heavy atom. The van der Waals surface area contributed by atoms with Gasteiger partial charge in [0.1, 0.15) is 17.5 Å². The summed E-state index contributed by atoms with van der Waals surface area (Å²) < 4.78 is 49.4. The van der Waals surface area contributed by atoms with Gasteiger partial charge in [-0.05, 0) is 38.3 Å². The number of halogens is 4. The van der Waals surface area contributed by atoms with Gasteiger partial charge >= 0.3 is 6.36 Å². The zero-order valence-corrected chi connectivity index (χ0v) is 23.3. The van der Waals surface area contributed by atoms with Gasteiger partial charge in [0.15, 0.2) is 11.6 Å². The number of amides is 1. The van der Waals surface area contributed by atoms with E-state index in [4.69, 9.17) is 16.3 Å². The van der Waals surface area contributed by atoms with Gasteiger partial charge in [-0.3, -0.25) is 14.3 Å². The highest BCUT2D eigenvalue weighted by atomic mass is 35.5. The Morgan fingerprint density at radius 2 is 1.90 bits per heavy atom. The van der Waals surface area contributed by atoms with Crippen LogP contribution in [0.3, 0.4) is 0 Å². The SMILES string of the molecule is CC(C)(O)Cn1ccc(NC(=O)C(CC2CCCCC2)n2ncc(Oc3ccc(OC(F)(F)F)cc3Cl)cc2=O)n1. The van der Waals surface area contributed by atoms with Gasteiger partial charge in [-0.1, -0.05) is 43.7 Å². The van der Waals surface area contributed by atoms with Gasteiger partial charge in [0.05, 0.1) is 23.4 Å². The molecule has 4 rings (SSSR count). The van der Waals surface area contributed by atoms with Crippen molar-refractivity contribution in [3.05, 3.63) is 58.1 Å². The van der Waals surface area contributed by atoms with E-state index < -0.39 is 35.2 Å². The van der Waals surface area contributed by atoms with Gasteiger partial charge in [0.25, 0.3) is 11.5 Å². The maximum absolute atomic E-state index is 13.4. The number of rotatable bonds is 10. The number of carbonyl (C=O) groups is 1. The molecule has 1 amide bonds. The highest BCUT2D eigenvalue weighted by molar-refractivity contribution is 6.32. The van der Waals surface area contributed by atoms with Gasteiger partial charge < -0.3 is 19.9 Å². The van der Waals surface area contributed by atoms with Gasteiger partial charge in [0, 0.05) is 24.4 Å². The van der Waals surface area contributed by atoms with Gasteiger partial charge in [-0.25, -0.2) is 4.68 Å². The maximum Gasteiger partial charge on any atom is 0.573 e. The lowest BCUT2D eigenvalue weighted by molar-refractivity contribution is -0.274. The number of hydrogen-bond acceptors (Lipinski definition) is 7. The number of aromatic nitrogens is 4. The minimum absolute atomic E-state index is 0.0141. The third-order valence-corrected chi connectivity index (χ3v) is 6.78. The second kappa shape index (κ2) is 12.5. The first kappa shape index (κ1) is 30.4. The average molecular weight is 598 g/mol. The summed E-state index contributed by atoms with van der Waals surface area (Å²) in [5.41, 5.74) is -1.61. The molecule has 222 valence electrons. The molecule has 2 aromatic heterocycles. The molecule has 0 bridgehead atoms. The first-order valence-electron chi connectivity index (χ1n) is 13.1. The van der Waals surface area contributed by atoms with Gasteiger partial charge in [-0.15, -0.1) is 13.2 Å². The van der Waals surface area contributed by atoms with E-state index >= 15 is 0 Å². The zero-order chi connectivity index (χ0) is 29.8. The average Bonchev–Trinajstić information content (AvgIpc) is 3.29. The van der Waals surface area contributed by atoms with E-state index in [0.29, 0.717) is 6.42 Å². The number of nitrogens with one attached hydrogen (secondary N) is 1. The normalized spacial score (nSPS) is 15.4. The summed E-state index contributed by atoms with van der Waals surface area (Å²) in [5, 5.41) is 21.1. The molecule has 1 atom stereocenters. The van der Waals surface area contributed by atoms with Crippen molar-refractivity contribution in [1.29, 1.82) is 0 Å². The monoisotopic (exact) mass is 597 g/mol. The van der Waals surface area contributed by atoms with E-state index in [2.05, 4.69) is 20.3 Å². The van der Waals surface area contributed by atoms with E-state index in [-0.39, 0.29) is 34.8 Å². The Hall–Kier alpha value is -3.58. The molecule has 1 aromatic carbocycles. The highest BCUT2D eigenvalue weighted by Crippen LogP contribution is 2.34. The summed E-state index contributed by atoms with van der Waals surface area (Å²) in [6.07, 6.45) is 3.48. The van der Waals surface area contributed by atoms with Crippen molar-refractivity contribution in [1.82, 2.24) is 19.6 Å². The lowest BCUT2D eigenvalue weighted by atomic mass is 9.84. The fourth-order valence-electron chi connectivity index (χ4n) is 4.76. The Morgan fingerprint density at radius 3 is 2.54 bits per heavy atom. The van der Waals surface area contributed by atoms with Crippen LogP contribution in [0.2, 0.25) is 5.02 Å². The van der Waals surface area contributed by atoms with Crippen LogP contribution < -0.4 is 20.3 Å². The number of benzene rings is 1.